The first kappa shape index (κ1) is 15.2. The molecular formula is C17H15FN6O2. The summed E-state index contributed by atoms with van der Waals surface area (Å²) in [6, 6.07) is 4.49. The van der Waals surface area contributed by atoms with Crippen molar-refractivity contribution in [1.29, 1.82) is 0 Å². The summed E-state index contributed by atoms with van der Waals surface area (Å²) in [5.74, 6) is -0.162. The standard InChI is InChI=1S/C17H15FN6O2/c1-22-15-14(24-10(8-20-21-24)7-17(26)5-6-17)19-9-23(15)12-4-2-3-11(18)13(12)16(22)25/h2-4,8-9,26H,5-7H2,1H3. The van der Waals surface area contributed by atoms with E-state index in [1.807, 2.05) is 0 Å². The van der Waals surface area contributed by atoms with E-state index < -0.39 is 17.0 Å². The molecule has 4 aromatic rings. The number of hydrogen-bond acceptors (Lipinski definition) is 5. The molecule has 1 N–H and O–H groups in total. The van der Waals surface area contributed by atoms with Crippen LogP contribution in [0.25, 0.3) is 22.4 Å². The number of aliphatic hydroxyl groups is 1. The van der Waals surface area contributed by atoms with Gasteiger partial charge in [0.15, 0.2) is 11.5 Å². The van der Waals surface area contributed by atoms with Gasteiger partial charge in [-0.25, -0.2) is 9.37 Å². The van der Waals surface area contributed by atoms with Gasteiger partial charge >= 0.3 is 0 Å². The average Bonchev–Trinajstić information content (AvgIpc) is 3.00. The van der Waals surface area contributed by atoms with Gasteiger partial charge in [0.05, 0.1) is 28.4 Å². The van der Waals surface area contributed by atoms with Crippen LogP contribution in [0.1, 0.15) is 18.5 Å². The number of hydrogen-bond donors (Lipinski definition) is 1. The minimum atomic E-state index is -0.712. The summed E-state index contributed by atoms with van der Waals surface area (Å²) < 4.78 is 18.7. The third-order valence-corrected chi connectivity index (χ3v) is 4.97. The maximum atomic E-state index is 14.2. The first-order valence-electron chi connectivity index (χ1n) is 8.25. The maximum absolute atomic E-state index is 14.2. The van der Waals surface area contributed by atoms with E-state index >= 15 is 0 Å². The number of nitrogens with zero attached hydrogens (tertiary/aromatic N) is 6. The molecule has 1 fully saturated rings. The van der Waals surface area contributed by atoms with E-state index in [0.29, 0.717) is 29.1 Å². The van der Waals surface area contributed by atoms with Crippen molar-refractivity contribution in [2.75, 3.05) is 0 Å². The van der Waals surface area contributed by atoms with Crippen molar-refractivity contribution in [2.45, 2.75) is 24.9 Å². The molecule has 0 amide bonds. The monoisotopic (exact) mass is 354 g/mol. The Morgan fingerprint density at radius 3 is 2.92 bits per heavy atom. The highest BCUT2D eigenvalue weighted by Gasteiger charge is 2.41. The van der Waals surface area contributed by atoms with Crippen molar-refractivity contribution < 1.29 is 9.50 Å². The number of fused-ring (bicyclic) bond motifs is 3. The molecule has 1 aliphatic rings. The molecule has 0 radical (unpaired) electrons. The number of aryl methyl sites for hydroxylation is 1. The quantitative estimate of drug-likeness (QED) is 0.592. The Balaban J connectivity index is 1.80. The van der Waals surface area contributed by atoms with Crippen LogP contribution in [0.3, 0.4) is 0 Å². The van der Waals surface area contributed by atoms with Crippen LogP contribution in [-0.2, 0) is 13.5 Å². The summed E-state index contributed by atoms with van der Waals surface area (Å²) >= 11 is 0. The van der Waals surface area contributed by atoms with Crippen molar-refractivity contribution in [3.8, 4) is 5.82 Å². The highest BCUT2D eigenvalue weighted by atomic mass is 19.1. The molecule has 0 atom stereocenters. The SMILES string of the molecule is Cn1c(=O)c2c(F)cccc2n2cnc(-n3nncc3CC3(O)CC3)c12. The number of rotatable bonds is 3. The Bertz CT molecular complexity index is 1230. The van der Waals surface area contributed by atoms with Crippen LogP contribution in [0.5, 0.6) is 0 Å². The summed E-state index contributed by atoms with van der Waals surface area (Å²) in [6.45, 7) is 0. The fourth-order valence-electron chi connectivity index (χ4n) is 3.37. The Hall–Kier alpha value is -3.07. The summed E-state index contributed by atoms with van der Waals surface area (Å²) in [5.41, 5.74) is 0.454. The molecule has 0 bridgehead atoms. The van der Waals surface area contributed by atoms with Crippen molar-refractivity contribution in [3.05, 3.63) is 52.6 Å². The molecular weight excluding hydrogens is 339 g/mol. The smallest absolute Gasteiger partial charge is 0.264 e. The molecule has 0 unspecified atom stereocenters. The van der Waals surface area contributed by atoms with Gasteiger partial charge in [-0.3, -0.25) is 13.8 Å². The third kappa shape index (κ3) is 2.03. The zero-order valence-corrected chi connectivity index (χ0v) is 13.9. The predicted octanol–water partition coefficient (Wildman–Crippen LogP) is 0.973. The van der Waals surface area contributed by atoms with E-state index in [-0.39, 0.29) is 5.39 Å². The fraction of sp³-hybridized carbons (Fsp3) is 0.294. The number of halogens is 1. The molecule has 26 heavy (non-hydrogen) atoms. The van der Waals surface area contributed by atoms with Crippen LogP contribution >= 0.6 is 0 Å². The van der Waals surface area contributed by atoms with Gasteiger partial charge in [0.2, 0.25) is 0 Å². The van der Waals surface area contributed by atoms with Crippen molar-refractivity contribution >= 4 is 16.6 Å². The summed E-state index contributed by atoms with van der Waals surface area (Å²) in [4.78, 5) is 17.1. The van der Waals surface area contributed by atoms with Crippen molar-refractivity contribution in [1.82, 2.24) is 28.9 Å². The lowest BCUT2D eigenvalue weighted by Crippen LogP contribution is -2.22. The Kier molecular flexibility index (Phi) is 2.91. The van der Waals surface area contributed by atoms with Gasteiger partial charge in [0, 0.05) is 13.5 Å². The lowest BCUT2D eigenvalue weighted by molar-refractivity contribution is 0.149. The maximum Gasteiger partial charge on any atom is 0.264 e. The topological polar surface area (TPSA) is 90.2 Å². The third-order valence-electron chi connectivity index (χ3n) is 4.97. The van der Waals surface area contributed by atoms with Gasteiger partial charge < -0.3 is 5.11 Å². The van der Waals surface area contributed by atoms with Gasteiger partial charge in [-0.1, -0.05) is 11.3 Å². The molecule has 1 saturated carbocycles. The molecule has 3 aromatic heterocycles. The molecule has 1 aliphatic carbocycles. The van der Waals surface area contributed by atoms with Crippen LogP contribution < -0.4 is 5.56 Å². The van der Waals surface area contributed by atoms with Gasteiger partial charge in [0.25, 0.3) is 5.56 Å². The fourth-order valence-corrected chi connectivity index (χ4v) is 3.37. The van der Waals surface area contributed by atoms with Gasteiger partial charge in [-0.15, -0.1) is 5.10 Å². The molecule has 9 heteroatoms. The van der Waals surface area contributed by atoms with Gasteiger partial charge in [0.1, 0.15) is 12.1 Å². The second kappa shape index (κ2) is 4.98. The zero-order chi connectivity index (χ0) is 18.1. The molecule has 1 aromatic carbocycles. The normalized spacial score (nSPS) is 15.8. The van der Waals surface area contributed by atoms with E-state index in [1.54, 1.807) is 29.8 Å². The molecule has 5 rings (SSSR count). The Morgan fingerprint density at radius 1 is 1.35 bits per heavy atom. The van der Waals surface area contributed by atoms with Gasteiger partial charge in [-0.05, 0) is 25.0 Å². The van der Waals surface area contributed by atoms with E-state index in [2.05, 4.69) is 15.3 Å². The average molecular weight is 354 g/mol. The van der Waals surface area contributed by atoms with Crippen LogP contribution in [0, 0.1) is 5.82 Å². The van der Waals surface area contributed by atoms with Crippen LogP contribution in [0.4, 0.5) is 4.39 Å². The Labute approximate surface area is 146 Å². The molecule has 8 nitrogen and oxygen atoms in total. The predicted molar refractivity (Wildman–Crippen MR) is 90.7 cm³/mol. The van der Waals surface area contributed by atoms with Crippen LogP contribution in [0.2, 0.25) is 0 Å². The second-order valence-corrected chi connectivity index (χ2v) is 6.80. The number of imidazole rings is 1. The minimum Gasteiger partial charge on any atom is -0.389 e. The molecule has 132 valence electrons. The lowest BCUT2D eigenvalue weighted by atomic mass is 10.2. The summed E-state index contributed by atoms with van der Waals surface area (Å²) in [5, 5.41) is 18.2. The molecule has 0 saturated heterocycles. The Morgan fingerprint density at radius 2 is 2.15 bits per heavy atom. The second-order valence-electron chi connectivity index (χ2n) is 6.80. The van der Waals surface area contributed by atoms with E-state index in [4.69, 9.17) is 0 Å². The van der Waals surface area contributed by atoms with Crippen LogP contribution in [0.15, 0.2) is 35.5 Å². The molecule has 3 heterocycles. The van der Waals surface area contributed by atoms with Gasteiger partial charge in [-0.2, -0.15) is 4.68 Å². The largest absolute Gasteiger partial charge is 0.389 e. The lowest BCUT2D eigenvalue weighted by Gasteiger charge is -2.11. The number of benzene rings is 1. The highest BCUT2D eigenvalue weighted by Crippen LogP contribution is 2.38. The van der Waals surface area contributed by atoms with Crippen LogP contribution in [-0.4, -0.2) is 39.7 Å². The zero-order valence-electron chi connectivity index (χ0n) is 13.9. The minimum absolute atomic E-state index is 0.0116. The molecule has 0 spiro atoms. The van der Waals surface area contributed by atoms with Crippen molar-refractivity contribution in [3.63, 3.8) is 0 Å². The van der Waals surface area contributed by atoms with E-state index in [1.165, 1.54) is 21.6 Å². The van der Waals surface area contributed by atoms with E-state index in [0.717, 1.165) is 12.8 Å². The summed E-state index contributed by atoms with van der Waals surface area (Å²) in [7, 11) is 1.57. The molecule has 0 aliphatic heterocycles. The highest BCUT2D eigenvalue weighted by molar-refractivity contribution is 5.82. The number of aromatic nitrogens is 6. The first-order chi connectivity index (χ1) is 12.5. The summed E-state index contributed by atoms with van der Waals surface area (Å²) in [6.07, 6.45) is 5.01. The van der Waals surface area contributed by atoms with E-state index in [9.17, 15) is 14.3 Å². The van der Waals surface area contributed by atoms with Crippen molar-refractivity contribution in [2.24, 2.45) is 7.05 Å². The first-order valence-corrected chi connectivity index (χ1v) is 8.25.